The van der Waals surface area contributed by atoms with Gasteiger partial charge in [-0.2, -0.15) is 5.26 Å². The summed E-state index contributed by atoms with van der Waals surface area (Å²) in [7, 11) is 0. The number of nitriles is 1. The van der Waals surface area contributed by atoms with Gasteiger partial charge in [0.25, 0.3) is 11.5 Å². The van der Waals surface area contributed by atoms with E-state index in [0.29, 0.717) is 33.8 Å². The van der Waals surface area contributed by atoms with Crippen molar-refractivity contribution >= 4 is 34.6 Å². The van der Waals surface area contributed by atoms with Crippen molar-refractivity contribution in [3.8, 4) is 11.8 Å². The molecule has 0 bridgehead atoms. The number of nitrogens with zero attached hydrogens (tertiary/aromatic N) is 2. The van der Waals surface area contributed by atoms with E-state index in [9.17, 15) is 14.9 Å². The number of benzene rings is 2. The summed E-state index contributed by atoms with van der Waals surface area (Å²) >= 11 is 1.14. The van der Waals surface area contributed by atoms with E-state index in [0.717, 1.165) is 23.3 Å². The van der Waals surface area contributed by atoms with Gasteiger partial charge >= 0.3 is 0 Å². The molecule has 0 spiro atoms. The second-order valence-electron chi connectivity index (χ2n) is 6.93. The molecule has 1 N–H and O–H groups in total. The summed E-state index contributed by atoms with van der Waals surface area (Å²) in [5.74, 6) is -0.0637. The average Bonchev–Trinajstić information content (AvgIpc) is 3.11. The van der Waals surface area contributed by atoms with Crippen molar-refractivity contribution in [3.63, 3.8) is 0 Å². The number of carbonyl (C=O) groups excluding carboxylic acids is 1. The molecular weight excluding hydrogens is 422 g/mol. The highest BCUT2D eigenvalue weighted by molar-refractivity contribution is 7.07. The minimum Gasteiger partial charge on any atom is -0.492 e. The maximum absolute atomic E-state index is 13.0. The topological polar surface area (TPSA) is 84.1 Å². The zero-order valence-corrected chi connectivity index (χ0v) is 19.2. The van der Waals surface area contributed by atoms with Crippen LogP contribution >= 0.6 is 11.3 Å². The first kappa shape index (κ1) is 23.0. The van der Waals surface area contributed by atoms with Crippen LogP contribution in [0.25, 0.3) is 11.6 Å². The van der Waals surface area contributed by atoms with Crippen molar-refractivity contribution in [2.24, 2.45) is 0 Å². The third kappa shape index (κ3) is 4.98. The maximum atomic E-state index is 13.0. The Morgan fingerprint density at radius 3 is 2.50 bits per heavy atom. The first-order valence-corrected chi connectivity index (χ1v) is 11.3. The van der Waals surface area contributed by atoms with Gasteiger partial charge in [0, 0.05) is 6.54 Å². The number of thiazole rings is 1. The van der Waals surface area contributed by atoms with Gasteiger partial charge in [-0.3, -0.25) is 14.2 Å². The molecule has 0 aliphatic carbocycles. The molecule has 0 aliphatic heterocycles. The van der Waals surface area contributed by atoms with Crippen molar-refractivity contribution in [3.05, 3.63) is 79.2 Å². The van der Waals surface area contributed by atoms with Crippen molar-refractivity contribution in [2.75, 3.05) is 11.9 Å². The Morgan fingerprint density at radius 1 is 1.16 bits per heavy atom. The number of hydrogen-bond acceptors (Lipinski definition) is 5. The lowest BCUT2D eigenvalue weighted by atomic mass is 10.1. The summed E-state index contributed by atoms with van der Waals surface area (Å²) in [6, 6.07) is 17.0. The lowest BCUT2D eigenvalue weighted by Gasteiger charge is -2.10. The lowest BCUT2D eigenvalue weighted by molar-refractivity contribution is -0.111. The summed E-state index contributed by atoms with van der Waals surface area (Å²) in [5.41, 5.74) is 2.24. The molecule has 0 atom stereocenters. The number of nitrogens with one attached hydrogen (secondary N) is 1. The van der Waals surface area contributed by atoms with Crippen molar-refractivity contribution in [2.45, 2.75) is 33.7 Å². The van der Waals surface area contributed by atoms with Crippen LogP contribution in [0.3, 0.4) is 0 Å². The number of ether oxygens (including phenoxy) is 1. The summed E-state index contributed by atoms with van der Waals surface area (Å²) in [6.07, 6.45) is 2.73. The molecule has 0 unspecified atom stereocenters. The van der Waals surface area contributed by atoms with Crippen molar-refractivity contribution in [1.29, 1.82) is 5.26 Å². The van der Waals surface area contributed by atoms with E-state index < -0.39 is 5.91 Å². The molecule has 3 rings (SSSR count). The van der Waals surface area contributed by atoms with E-state index in [1.54, 1.807) is 30.3 Å². The fourth-order valence-electron chi connectivity index (χ4n) is 3.23. The molecule has 0 radical (unpaired) electrons. The van der Waals surface area contributed by atoms with E-state index >= 15 is 0 Å². The predicted octanol–water partition coefficient (Wildman–Crippen LogP) is 3.03. The highest BCUT2D eigenvalue weighted by atomic mass is 32.1. The van der Waals surface area contributed by atoms with Gasteiger partial charge in [-0.1, -0.05) is 43.3 Å². The molecule has 0 saturated carbocycles. The fourth-order valence-corrected chi connectivity index (χ4v) is 4.39. The van der Waals surface area contributed by atoms with Gasteiger partial charge in [0.2, 0.25) is 0 Å². The van der Waals surface area contributed by atoms with Gasteiger partial charge in [-0.25, -0.2) is 0 Å². The number of carbonyl (C=O) groups is 1. The molecule has 0 saturated heterocycles. The summed E-state index contributed by atoms with van der Waals surface area (Å²) in [6.45, 7) is 6.54. The second-order valence-corrected chi connectivity index (χ2v) is 7.96. The first-order chi connectivity index (χ1) is 15.5. The number of amides is 1. The minimum absolute atomic E-state index is 0.110. The molecule has 32 heavy (non-hydrogen) atoms. The number of aryl methyl sites for hydroxylation is 1. The molecule has 0 fully saturated rings. The second kappa shape index (κ2) is 10.6. The Morgan fingerprint density at radius 2 is 1.88 bits per heavy atom. The van der Waals surface area contributed by atoms with Crippen LogP contribution in [0.15, 0.2) is 53.3 Å². The number of anilines is 1. The van der Waals surface area contributed by atoms with E-state index in [2.05, 4.69) is 12.2 Å². The molecule has 1 amide bonds. The Kier molecular flexibility index (Phi) is 7.63. The van der Waals surface area contributed by atoms with Gasteiger partial charge in [0.1, 0.15) is 16.5 Å². The Labute approximate surface area is 190 Å². The van der Waals surface area contributed by atoms with Gasteiger partial charge in [0.15, 0.2) is 5.57 Å². The summed E-state index contributed by atoms with van der Waals surface area (Å²) < 4.78 is 7.81. The monoisotopic (exact) mass is 447 g/mol. The lowest BCUT2D eigenvalue weighted by Crippen LogP contribution is -2.33. The zero-order chi connectivity index (χ0) is 23.1. The van der Waals surface area contributed by atoms with Crippen LogP contribution in [0.5, 0.6) is 5.75 Å². The Hall–Kier alpha value is -3.63. The van der Waals surface area contributed by atoms with Crippen LogP contribution in [-0.4, -0.2) is 17.1 Å². The standard InChI is InChI=1S/C25H25N3O3S/c1-4-17-11-13-18(14-12-17)15-22-24(30)28(5-2)25(32-22)19(16-26)23(29)27-20-9-7-8-10-21(20)31-6-3/h7-15H,4-6H2,1-3H3,(H,27,29)/b22-15-,25-19-. The van der Waals surface area contributed by atoms with E-state index in [1.165, 1.54) is 10.1 Å². The number of rotatable bonds is 7. The van der Waals surface area contributed by atoms with E-state index in [-0.39, 0.29) is 11.1 Å². The van der Waals surface area contributed by atoms with Crippen LogP contribution in [0, 0.1) is 11.3 Å². The average molecular weight is 448 g/mol. The van der Waals surface area contributed by atoms with Crippen LogP contribution in [-0.2, 0) is 17.8 Å². The summed E-state index contributed by atoms with van der Waals surface area (Å²) in [5, 5.41) is 12.5. The van der Waals surface area contributed by atoms with Gasteiger partial charge in [-0.05, 0) is 49.6 Å². The van der Waals surface area contributed by atoms with Gasteiger partial charge in [0.05, 0.1) is 16.8 Å². The van der Waals surface area contributed by atoms with Crippen LogP contribution in [0.4, 0.5) is 5.69 Å². The highest BCUT2D eigenvalue weighted by Crippen LogP contribution is 2.24. The predicted molar refractivity (Wildman–Crippen MR) is 128 cm³/mol. The molecule has 0 aliphatic rings. The smallest absolute Gasteiger partial charge is 0.269 e. The van der Waals surface area contributed by atoms with Gasteiger partial charge < -0.3 is 10.1 Å². The van der Waals surface area contributed by atoms with E-state index in [4.69, 9.17) is 4.74 Å². The SMILES string of the molecule is CCOc1ccccc1NC(=O)/C(C#N)=c1\s/c(=C\c2ccc(CC)cc2)c(=O)n1CC. The normalized spacial score (nSPS) is 12.2. The molecule has 1 heterocycles. The fraction of sp³-hybridized carbons (Fsp3) is 0.240. The first-order valence-electron chi connectivity index (χ1n) is 10.5. The summed E-state index contributed by atoms with van der Waals surface area (Å²) in [4.78, 5) is 25.9. The third-order valence-electron chi connectivity index (χ3n) is 4.90. The highest BCUT2D eigenvalue weighted by Gasteiger charge is 2.17. The Balaban J connectivity index is 2.09. The number of para-hydroxylation sites is 2. The number of aromatic nitrogens is 1. The quantitative estimate of drug-likeness (QED) is 0.603. The molecular formula is C25H25N3O3S. The van der Waals surface area contributed by atoms with Crippen molar-refractivity contribution < 1.29 is 9.53 Å². The van der Waals surface area contributed by atoms with Crippen molar-refractivity contribution in [1.82, 2.24) is 4.57 Å². The molecule has 7 heteroatoms. The van der Waals surface area contributed by atoms with Gasteiger partial charge in [-0.15, -0.1) is 11.3 Å². The third-order valence-corrected chi connectivity index (χ3v) is 6.03. The molecule has 3 aromatic rings. The number of hydrogen-bond donors (Lipinski definition) is 1. The van der Waals surface area contributed by atoms with Crippen LogP contribution in [0.1, 0.15) is 31.9 Å². The van der Waals surface area contributed by atoms with E-state index in [1.807, 2.05) is 44.2 Å². The molecule has 1 aromatic heterocycles. The van der Waals surface area contributed by atoms with Crippen LogP contribution in [0.2, 0.25) is 0 Å². The molecule has 164 valence electrons. The maximum Gasteiger partial charge on any atom is 0.269 e. The molecule has 2 aromatic carbocycles. The Bertz CT molecular complexity index is 1330. The van der Waals surface area contributed by atoms with Crippen LogP contribution < -0.4 is 24.8 Å². The minimum atomic E-state index is -0.582. The zero-order valence-electron chi connectivity index (χ0n) is 18.3. The largest absolute Gasteiger partial charge is 0.492 e. The molecule has 6 nitrogen and oxygen atoms in total.